The van der Waals surface area contributed by atoms with Crippen molar-refractivity contribution in [3.05, 3.63) is 47.2 Å². The van der Waals surface area contributed by atoms with Gasteiger partial charge in [-0.05, 0) is 49.3 Å². The normalized spacial score (nSPS) is 19.3. The molecule has 2 aromatic carbocycles. The lowest BCUT2D eigenvalue weighted by molar-refractivity contribution is -0.340. The Morgan fingerprint density at radius 3 is 2.56 bits per heavy atom. The number of aromatic nitrogens is 3. The Kier molecular flexibility index (Phi) is 9.17. The summed E-state index contributed by atoms with van der Waals surface area (Å²) in [4.78, 5) is 18.2. The second-order valence-corrected chi connectivity index (χ2v) is 13.4. The molecule has 1 aliphatic carbocycles. The van der Waals surface area contributed by atoms with Crippen molar-refractivity contribution in [2.24, 2.45) is 5.41 Å². The molecule has 0 radical (unpaired) electrons. The van der Waals surface area contributed by atoms with Crippen LogP contribution in [0.5, 0.6) is 11.8 Å². The number of phenolic OH excluding ortho intramolecular Hbond substituents is 1. The average Bonchev–Trinajstić information content (AvgIpc) is 3.72. The minimum atomic E-state index is -4.67. The summed E-state index contributed by atoms with van der Waals surface area (Å²) in [5.41, 5.74) is 0.133. The molecule has 0 spiro atoms. The van der Waals surface area contributed by atoms with E-state index in [-0.39, 0.29) is 64.5 Å². The first kappa shape index (κ1) is 34.1. The summed E-state index contributed by atoms with van der Waals surface area (Å²) in [7, 11) is 0. The predicted molar refractivity (Wildman–Crippen MR) is 178 cm³/mol. The fraction of sp³-hybridized carbons (Fsp3) is 0.472. The molecule has 7 rings (SSSR count). The molecule has 4 heterocycles. The molecule has 1 atom stereocenters. The molecule has 264 valence electrons. The maximum Gasteiger partial charge on any atom is 0.522 e. The molecule has 1 saturated carbocycles. The van der Waals surface area contributed by atoms with Gasteiger partial charge in [0.1, 0.15) is 28.6 Å². The lowest BCUT2D eigenvalue weighted by Gasteiger charge is -2.30. The molecule has 1 unspecified atom stereocenters. The molecular formula is C36H37F5N6O3. The number of nitrogens with zero attached hydrogens (tertiary/aromatic N) is 5. The number of anilines is 1. The lowest BCUT2D eigenvalue weighted by atomic mass is 9.95. The van der Waals surface area contributed by atoms with Crippen molar-refractivity contribution in [3.63, 3.8) is 0 Å². The molecule has 3 aliphatic rings. The molecule has 2 aliphatic heterocycles. The number of aryl methyl sites for hydroxylation is 1. The Morgan fingerprint density at radius 2 is 1.86 bits per heavy atom. The second kappa shape index (κ2) is 13.4. The van der Waals surface area contributed by atoms with E-state index < -0.39 is 24.1 Å². The van der Waals surface area contributed by atoms with E-state index in [1.165, 1.54) is 24.3 Å². The number of hydrogen-bond acceptors (Lipinski definition) is 9. The summed E-state index contributed by atoms with van der Waals surface area (Å²) in [5, 5.41) is 15.1. The zero-order valence-electron chi connectivity index (χ0n) is 27.5. The smallest absolute Gasteiger partial charge is 0.508 e. The van der Waals surface area contributed by atoms with Gasteiger partial charge in [-0.15, -0.1) is 19.6 Å². The van der Waals surface area contributed by atoms with Gasteiger partial charge in [-0.2, -0.15) is 9.97 Å². The van der Waals surface area contributed by atoms with E-state index in [0.717, 1.165) is 12.8 Å². The maximum absolute atomic E-state index is 17.0. The first-order chi connectivity index (χ1) is 24.0. The van der Waals surface area contributed by atoms with Gasteiger partial charge in [-0.3, -0.25) is 9.64 Å². The number of hydrogen-bond donors (Lipinski definition) is 2. The van der Waals surface area contributed by atoms with Crippen molar-refractivity contribution in [1.82, 2.24) is 25.2 Å². The van der Waals surface area contributed by atoms with Crippen molar-refractivity contribution >= 4 is 27.5 Å². The number of alkyl halides is 3. The van der Waals surface area contributed by atoms with E-state index in [1.807, 2.05) is 16.7 Å². The topological polar surface area (TPSA) is 95.9 Å². The van der Waals surface area contributed by atoms with Crippen LogP contribution in [0.25, 0.3) is 32.9 Å². The molecular weight excluding hydrogens is 659 g/mol. The van der Waals surface area contributed by atoms with Gasteiger partial charge in [-0.1, -0.05) is 25.3 Å². The van der Waals surface area contributed by atoms with Crippen molar-refractivity contribution in [2.45, 2.75) is 51.5 Å². The molecule has 3 fully saturated rings. The van der Waals surface area contributed by atoms with E-state index >= 15 is 4.39 Å². The fourth-order valence-electron chi connectivity index (χ4n) is 7.17. The Bertz CT molecular complexity index is 1970. The highest BCUT2D eigenvalue weighted by Gasteiger charge is 2.47. The van der Waals surface area contributed by atoms with Crippen LogP contribution in [-0.4, -0.2) is 89.8 Å². The third kappa shape index (κ3) is 6.86. The summed E-state index contributed by atoms with van der Waals surface area (Å²) in [6, 6.07) is 5.39. The highest BCUT2D eigenvalue weighted by atomic mass is 19.4. The Balaban J connectivity index is 1.29. The third-order valence-electron chi connectivity index (χ3n) is 9.73. The first-order valence-corrected chi connectivity index (χ1v) is 16.9. The Morgan fingerprint density at radius 1 is 1.08 bits per heavy atom. The number of ether oxygens (including phenoxy) is 2. The maximum atomic E-state index is 17.0. The number of rotatable bonds is 10. The van der Waals surface area contributed by atoms with Gasteiger partial charge in [0.25, 0.3) is 0 Å². The van der Waals surface area contributed by atoms with Crippen LogP contribution in [0.1, 0.15) is 43.9 Å². The van der Waals surface area contributed by atoms with Gasteiger partial charge in [-0.25, -0.2) is 13.8 Å². The molecule has 0 bridgehead atoms. The number of piperazine rings is 1. The van der Waals surface area contributed by atoms with E-state index in [4.69, 9.17) is 21.1 Å². The molecule has 50 heavy (non-hydrogen) atoms. The Labute approximate surface area is 285 Å². The van der Waals surface area contributed by atoms with Crippen LogP contribution < -0.4 is 15.0 Å². The van der Waals surface area contributed by atoms with Gasteiger partial charge < -0.3 is 20.1 Å². The number of likely N-dealkylation sites (tertiary alicyclic amines) is 1. The van der Waals surface area contributed by atoms with E-state index in [1.54, 1.807) is 0 Å². The standard InChI is InChI=1S/C36H37F5N6O3/c1-3-5-27-29-32(30(38)31(43-27)25-17-22(48)16-21-6-7-26(37)24(4-2)28(21)25)44-34(45-33(29)47-14-11-42-12-15-47)49-20-35(9-10-35)19-46-13-8-23(18-46)50-36(39,40)41/h2,6-7,16-17,23,42,48H,3,5,8-15,18-20H2,1H3. The molecule has 2 aromatic heterocycles. The minimum absolute atomic E-state index is 0.0244. The summed E-state index contributed by atoms with van der Waals surface area (Å²) in [6.07, 6.45) is 3.18. The zero-order valence-corrected chi connectivity index (χ0v) is 27.5. The SMILES string of the molecule is C#Cc1c(F)ccc2cc(O)cc(-c3nc(CCC)c4c(N5CCNCC5)nc(OCC5(CN6CCC(OC(F)(F)F)C6)CC5)nc4c3F)c12. The van der Waals surface area contributed by atoms with Crippen LogP contribution in [0.4, 0.5) is 27.8 Å². The van der Waals surface area contributed by atoms with Crippen molar-refractivity contribution < 1.29 is 36.5 Å². The van der Waals surface area contributed by atoms with Gasteiger partial charge in [0.05, 0.1) is 29.4 Å². The van der Waals surface area contributed by atoms with Crippen LogP contribution in [0, 0.1) is 29.4 Å². The molecule has 2 N–H and O–H groups in total. The number of halogens is 5. The van der Waals surface area contributed by atoms with Crippen LogP contribution in [0.3, 0.4) is 0 Å². The molecule has 9 nitrogen and oxygen atoms in total. The van der Waals surface area contributed by atoms with Crippen LogP contribution in [0.15, 0.2) is 24.3 Å². The molecule has 4 aromatic rings. The van der Waals surface area contributed by atoms with Gasteiger partial charge in [0, 0.05) is 62.2 Å². The summed E-state index contributed by atoms with van der Waals surface area (Å²) in [5.74, 6) is 1.24. The third-order valence-corrected chi connectivity index (χ3v) is 9.73. The largest absolute Gasteiger partial charge is 0.522 e. The van der Waals surface area contributed by atoms with E-state index in [9.17, 15) is 22.7 Å². The van der Waals surface area contributed by atoms with Crippen molar-refractivity contribution in [3.8, 4) is 35.4 Å². The summed E-state index contributed by atoms with van der Waals surface area (Å²) in [6.45, 7) is 5.94. The van der Waals surface area contributed by atoms with Crippen LogP contribution in [0.2, 0.25) is 0 Å². The second-order valence-electron chi connectivity index (χ2n) is 13.4. The highest BCUT2D eigenvalue weighted by molar-refractivity contribution is 6.03. The average molecular weight is 697 g/mol. The summed E-state index contributed by atoms with van der Waals surface area (Å²) < 4.78 is 80.8. The van der Waals surface area contributed by atoms with E-state index in [2.05, 4.69) is 21.0 Å². The Hall–Kier alpha value is -4.32. The lowest BCUT2D eigenvalue weighted by Crippen LogP contribution is -2.44. The number of nitrogens with one attached hydrogen (secondary N) is 1. The van der Waals surface area contributed by atoms with Crippen LogP contribution in [-0.2, 0) is 11.2 Å². The number of benzene rings is 2. The fourth-order valence-corrected chi connectivity index (χ4v) is 7.17. The number of aromatic hydroxyl groups is 1. The summed E-state index contributed by atoms with van der Waals surface area (Å²) >= 11 is 0. The zero-order chi connectivity index (χ0) is 35.2. The highest BCUT2D eigenvalue weighted by Crippen LogP contribution is 2.47. The quantitative estimate of drug-likeness (QED) is 0.154. The van der Waals surface area contributed by atoms with Crippen molar-refractivity contribution in [2.75, 3.05) is 57.3 Å². The monoisotopic (exact) mass is 696 g/mol. The van der Waals surface area contributed by atoms with E-state index in [0.29, 0.717) is 74.4 Å². The number of fused-ring (bicyclic) bond motifs is 2. The number of phenols is 1. The van der Waals surface area contributed by atoms with Gasteiger partial charge in [0.2, 0.25) is 0 Å². The molecule has 0 amide bonds. The van der Waals surface area contributed by atoms with Crippen LogP contribution >= 0.6 is 0 Å². The number of pyridine rings is 1. The van der Waals surface area contributed by atoms with Gasteiger partial charge in [0.15, 0.2) is 5.82 Å². The predicted octanol–water partition coefficient (Wildman–Crippen LogP) is 5.94. The van der Waals surface area contributed by atoms with Gasteiger partial charge >= 0.3 is 12.4 Å². The van der Waals surface area contributed by atoms with Crippen molar-refractivity contribution in [1.29, 1.82) is 0 Å². The first-order valence-electron chi connectivity index (χ1n) is 16.9. The molecule has 14 heteroatoms. The minimum Gasteiger partial charge on any atom is -0.508 e. The number of terminal acetylenes is 1. The molecule has 2 saturated heterocycles.